The van der Waals surface area contributed by atoms with E-state index in [-0.39, 0.29) is 0 Å². The van der Waals surface area contributed by atoms with E-state index in [0.29, 0.717) is 0 Å². The monoisotopic (exact) mass is 373 g/mol. The summed E-state index contributed by atoms with van der Waals surface area (Å²) in [6.07, 6.45) is 6.12. The fourth-order valence-corrected chi connectivity index (χ4v) is 3.84. The van der Waals surface area contributed by atoms with Crippen molar-refractivity contribution < 1.29 is 0 Å². The van der Waals surface area contributed by atoms with Crippen LogP contribution >= 0.6 is 0 Å². The summed E-state index contributed by atoms with van der Waals surface area (Å²) in [5, 5.41) is 9.48. The first-order valence-corrected chi connectivity index (χ1v) is 9.81. The van der Waals surface area contributed by atoms with E-state index in [9.17, 15) is 0 Å². The third kappa shape index (κ3) is 3.74. The van der Waals surface area contributed by atoms with Gasteiger partial charge in [0.25, 0.3) is 0 Å². The van der Waals surface area contributed by atoms with Crippen LogP contribution in [0.5, 0.6) is 0 Å². The molecule has 2 aromatic heterocycles. The van der Waals surface area contributed by atoms with Gasteiger partial charge in [-0.1, -0.05) is 30.3 Å². The number of hydrogen-bond donors (Lipinski definition) is 4. The Bertz CT molecular complexity index is 1100. The highest BCUT2D eigenvalue weighted by Crippen LogP contribution is 2.22. The summed E-state index contributed by atoms with van der Waals surface area (Å²) in [5.41, 5.74) is 6.38. The smallest absolute Gasteiger partial charge is 0.190 e. The molecule has 0 aliphatic carbocycles. The summed E-state index contributed by atoms with van der Waals surface area (Å²) in [4.78, 5) is 11.0. The van der Waals surface area contributed by atoms with Gasteiger partial charge in [0.15, 0.2) is 5.96 Å². The lowest BCUT2D eigenvalue weighted by atomic mass is 10.1. The van der Waals surface area contributed by atoms with Crippen molar-refractivity contribution >= 4 is 27.8 Å². The predicted molar refractivity (Wildman–Crippen MR) is 118 cm³/mol. The average molecular weight is 374 g/mol. The van der Waals surface area contributed by atoms with Gasteiger partial charge in [-0.25, -0.2) is 0 Å². The topological polar surface area (TPSA) is 68.0 Å². The molecule has 0 atom stereocenters. The van der Waals surface area contributed by atoms with Crippen molar-refractivity contribution in [1.82, 2.24) is 20.6 Å². The predicted octanol–water partition coefficient (Wildman–Crippen LogP) is 3.91. The maximum absolute atomic E-state index is 4.35. The van der Waals surface area contributed by atoms with Gasteiger partial charge < -0.3 is 20.6 Å². The zero-order chi connectivity index (χ0) is 19.3. The van der Waals surface area contributed by atoms with E-state index >= 15 is 0 Å². The summed E-state index contributed by atoms with van der Waals surface area (Å²) in [5.74, 6) is 0.844. The largest absolute Gasteiger partial charge is 0.361 e. The highest BCUT2D eigenvalue weighted by atomic mass is 15.2. The molecule has 2 heterocycles. The standard InChI is InChI=1S/C23H27N5/c1-16-6-5-9-21-22(16)18(15-28-21)11-13-26-23(24-2)25-12-10-17-14-27-20-8-4-3-7-19(17)20/h3-9,14-15,27-28H,10-13H2,1-2H3,(H2,24,25,26). The second-order valence-corrected chi connectivity index (χ2v) is 7.10. The number of fused-ring (bicyclic) bond motifs is 2. The maximum atomic E-state index is 4.35. The summed E-state index contributed by atoms with van der Waals surface area (Å²) in [6.45, 7) is 3.85. The van der Waals surface area contributed by atoms with Crippen LogP contribution in [0.1, 0.15) is 16.7 Å². The van der Waals surface area contributed by atoms with E-state index in [2.05, 4.69) is 87.4 Å². The minimum absolute atomic E-state index is 0.841. The third-order valence-corrected chi connectivity index (χ3v) is 5.27. The van der Waals surface area contributed by atoms with Crippen LogP contribution in [-0.2, 0) is 12.8 Å². The van der Waals surface area contributed by atoms with Crippen LogP contribution in [0.4, 0.5) is 0 Å². The molecule has 4 aromatic rings. The van der Waals surface area contributed by atoms with Crippen LogP contribution in [-0.4, -0.2) is 36.1 Å². The Labute approximate surface area is 165 Å². The fourth-order valence-electron chi connectivity index (χ4n) is 3.84. The van der Waals surface area contributed by atoms with Gasteiger partial charge in [-0.3, -0.25) is 4.99 Å². The molecule has 5 heteroatoms. The minimum atomic E-state index is 0.841. The number of H-pyrrole nitrogens is 2. The summed E-state index contributed by atoms with van der Waals surface area (Å²) < 4.78 is 0. The Morgan fingerprint density at radius 3 is 2.36 bits per heavy atom. The number of aromatic nitrogens is 2. The van der Waals surface area contributed by atoms with Crippen molar-refractivity contribution in [2.75, 3.05) is 20.1 Å². The Kier molecular flexibility index (Phi) is 5.33. The van der Waals surface area contributed by atoms with Gasteiger partial charge >= 0.3 is 0 Å². The van der Waals surface area contributed by atoms with Gasteiger partial charge in [0.2, 0.25) is 0 Å². The number of aliphatic imine (C=N–C) groups is 1. The lowest BCUT2D eigenvalue weighted by Gasteiger charge is -2.11. The molecule has 2 aromatic carbocycles. The van der Waals surface area contributed by atoms with Crippen molar-refractivity contribution in [2.24, 2.45) is 4.99 Å². The van der Waals surface area contributed by atoms with Gasteiger partial charge in [0.05, 0.1) is 0 Å². The van der Waals surface area contributed by atoms with Crippen LogP contribution < -0.4 is 10.6 Å². The molecule has 5 nitrogen and oxygen atoms in total. The van der Waals surface area contributed by atoms with Crippen molar-refractivity contribution in [3.8, 4) is 0 Å². The van der Waals surface area contributed by atoms with Gasteiger partial charge in [-0.05, 0) is 48.6 Å². The summed E-state index contributed by atoms with van der Waals surface area (Å²) in [6, 6.07) is 14.8. The Hall–Kier alpha value is -3.21. The molecule has 0 spiro atoms. The number of nitrogens with zero attached hydrogens (tertiary/aromatic N) is 1. The van der Waals surface area contributed by atoms with Gasteiger partial charge in [0, 0.05) is 54.3 Å². The van der Waals surface area contributed by atoms with Crippen LogP contribution in [0, 0.1) is 6.92 Å². The van der Waals surface area contributed by atoms with Gasteiger partial charge in [-0.15, -0.1) is 0 Å². The first-order chi connectivity index (χ1) is 13.8. The summed E-state index contributed by atoms with van der Waals surface area (Å²) >= 11 is 0. The van der Waals surface area contributed by atoms with E-state index in [0.717, 1.165) is 31.9 Å². The van der Waals surface area contributed by atoms with E-state index in [4.69, 9.17) is 0 Å². The molecule has 0 aliphatic rings. The van der Waals surface area contributed by atoms with E-state index in [1.54, 1.807) is 0 Å². The van der Waals surface area contributed by atoms with E-state index in [1.807, 2.05) is 7.05 Å². The maximum Gasteiger partial charge on any atom is 0.190 e. The first-order valence-electron chi connectivity index (χ1n) is 9.81. The Balaban J connectivity index is 1.29. The first kappa shape index (κ1) is 18.2. The van der Waals surface area contributed by atoms with Crippen molar-refractivity contribution in [1.29, 1.82) is 0 Å². The number of guanidine groups is 1. The normalized spacial score (nSPS) is 12.0. The average Bonchev–Trinajstić information content (AvgIpc) is 3.32. The molecule has 0 bridgehead atoms. The molecule has 4 N–H and O–H groups in total. The van der Waals surface area contributed by atoms with Crippen LogP contribution in [0.2, 0.25) is 0 Å². The van der Waals surface area contributed by atoms with Crippen molar-refractivity contribution in [2.45, 2.75) is 19.8 Å². The zero-order valence-corrected chi connectivity index (χ0v) is 16.5. The lowest BCUT2D eigenvalue weighted by molar-refractivity contribution is 0.787. The Morgan fingerprint density at radius 2 is 1.54 bits per heavy atom. The number of aromatic amines is 2. The molecular weight excluding hydrogens is 346 g/mol. The molecule has 144 valence electrons. The number of nitrogens with one attached hydrogen (secondary N) is 4. The molecular formula is C23H27N5. The fraction of sp³-hybridized carbons (Fsp3) is 0.261. The van der Waals surface area contributed by atoms with Gasteiger partial charge in [-0.2, -0.15) is 0 Å². The zero-order valence-electron chi connectivity index (χ0n) is 16.5. The second-order valence-electron chi connectivity index (χ2n) is 7.10. The number of hydrogen-bond acceptors (Lipinski definition) is 1. The molecule has 0 aliphatic heterocycles. The van der Waals surface area contributed by atoms with Crippen molar-refractivity contribution in [3.05, 3.63) is 71.5 Å². The molecule has 28 heavy (non-hydrogen) atoms. The quantitative estimate of drug-likeness (QED) is 0.306. The van der Waals surface area contributed by atoms with Crippen LogP contribution in [0.25, 0.3) is 21.8 Å². The number of aryl methyl sites for hydroxylation is 1. The third-order valence-electron chi connectivity index (χ3n) is 5.27. The van der Waals surface area contributed by atoms with E-state index in [1.165, 1.54) is 38.5 Å². The molecule has 0 fully saturated rings. The number of rotatable bonds is 6. The highest BCUT2D eigenvalue weighted by molar-refractivity contribution is 5.86. The molecule has 0 radical (unpaired) electrons. The van der Waals surface area contributed by atoms with Crippen LogP contribution in [0.3, 0.4) is 0 Å². The molecule has 0 saturated heterocycles. The van der Waals surface area contributed by atoms with E-state index < -0.39 is 0 Å². The van der Waals surface area contributed by atoms with Crippen molar-refractivity contribution in [3.63, 3.8) is 0 Å². The van der Waals surface area contributed by atoms with Gasteiger partial charge in [0.1, 0.15) is 0 Å². The minimum Gasteiger partial charge on any atom is -0.361 e. The number of para-hydroxylation sites is 1. The molecule has 0 amide bonds. The molecule has 4 rings (SSSR count). The molecule has 0 unspecified atom stereocenters. The second kappa shape index (κ2) is 8.21. The highest BCUT2D eigenvalue weighted by Gasteiger charge is 2.07. The van der Waals surface area contributed by atoms with Crippen LogP contribution in [0.15, 0.2) is 59.9 Å². The lowest BCUT2D eigenvalue weighted by Crippen LogP contribution is -2.39. The Morgan fingerprint density at radius 1 is 0.857 bits per heavy atom. The number of benzene rings is 2. The SMILES string of the molecule is CN=C(NCCc1c[nH]c2ccccc12)NCCc1c[nH]c2cccc(C)c12. The molecule has 0 saturated carbocycles. The summed E-state index contributed by atoms with van der Waals surface area (Å²) in [7, 11) is 1.82.